The first-order chi connectivity index (χ1) is 10.5. The van der Waals surface area contributed by atoms with E-state index in [-0.39, 0.29) is 6.41 Å². The maximum atomic E-state index is 8.58. The lowest BCUT2D eigenvalue weighted by atomic mass is 9.79. The number of carbonyl (C=O) groups is 1. The number of nitrogens with zero attached hydrogens (tertiary/aromatic N) is 3. The van der Waals surface area contributed by atoms with Crippen LogP contribution in [0.5, 0.6) is 0 Å². The van der Waals surface area contributed by atoms with Crippen LogP contribution in [0.3, 0.4) is 0 Å². The highest BCUT2D eigenvalue weighted by Gasteiger charge is 2.46. The Morgan fingerprint density at radius 2 is 2.09 bits per heavy atom. The minimum Gasteiger partial charge on any atom is -0.372 e. The molecule has 0 saturated carbocycles. The Morgan fingerprint density at radius 3 is 2.77 bits per heavy atom. The molecule has 2 fully saturated rings. The molecule has 1 spiro atoms. The highest BCUT2D eigenvalue weighted by atomic mass is 32.1. The molecule has 0 aliphatic carbocycles. The molecule has 0 unspecified atom stereocenters. The number of aromatic nitrogens is 1. The maximum absolute atomic E-state index is 8.58. The second-order valence-electron chi connectivity index (χ2n) is 6.40. The van der Waals surface area contributed by atoms with E-state index in [0.717, 1.165) is 6.54 Å². The monoisotopic (exact) mass is 318 g/mol. The van der Waals surface area contributed by atoms with Gasteiger partial charge < -0.3 is 15.5 Å². The number of thiophene rings is 1. The van der Waals surface area contributed by atoms with E-state index in [4.69, 9.17) is 9.78 Å². The maximum Gasteiger partial charge on any atom is 0.204 e. The van der Waals surface area contributed by atoms with Gasteiger partial charge >= 0.3 is 0 Å². The molecule has 118 valence electrons. The zero-order chi connectivity index (χ0) is 15.7. The Kier molecular flexibility index (Phi) is 4.06. The summed E-state index contributed by atoms with van der Waals surface area (Å²) in [5, 5.41) is 1.28. The molecular weight excluding hydrogens is 296 g/mol. The summed E-state index contributed by atoms with van der Waals surface area (Å²) >= 11 is 1.80. The zero-order valence-corrected chi connectivity index (χ0v) is 13.9. The normalized spacial score (nSPS) is 19.8. The zero-order valence-electron chi connectivity index (χ0n) is 13.1. The molecule has 0 bridgehead atoms. The Bertz CT molecular complexity index is 678. The lowest BCUT2D eigenvalue weighted by Crippen LogP contribution is -2.55. The topological polar surface area (TPSA) is 62.5 Å². The molecule has 5 nitrogen and oxygen atoms in total. The van der Waals surface area contributed by atoms with Crippen LogP contribution in [0.4, 0.5) is 5.82 Å². The highest BCUT2D eigenvalue weighted by molar-refractivity contribution is 7.18. The summed E-state index contributed by atoms with van der Waals surface area (Å²) in [6, 6.07) is 6.64. The van der Waals surface area contributed by atoms with Crippen molar-refractivity contribution in [2.45, 2.75) is 13.3 Å². The van der Waals surface area contributed by atoms with E-state index < -0.39 is 0 Å². The number of carbonyl (C=O) groups excluding carboxylic acids is 1. The van der Waals surface area contributed by atoms with Crippen LogP contribution in [-0.4, -0.2) is 49.5 Å². The number of primary amides is 1. The van der Waals surface area contributed by atoms with Crippen LogP contribution >= 0.6 is 11.3 Å². The largest absolute Gasteiger partial charge is 0.372 e. The smallest absolute Gasteiger partial charge is 0.204 e. The molecule has 0 aromatic carbocycles. The summed E-state index contributed by atoms with van der Waals surface area (Å²) in [5.41, 5.74) is 4.72. The van der Waals surface area contributed by atoms with Crippen LogP contribution in [0.25, 0.3) is 10.2 Å². The van der Waals surface area contributed by atoms with E-state index in [1.165, 1.54) is 47.0 Å². The second kappa shape index (κ2) is 5.85. The van der Waals surface area contributed by atoms with Gasteiger partial charge in [0.1, 0.15) is 10.6 Å². The Hall–Kier alpha value is -1.66. The van der Waals surface area contributed by atoms with Gasteiger partial charge in [-0.25, -0.2) is 4.98 Å². The van der Waals surface area contributed by atoms with Gasteiger partial charge in [-0.15, -0.1) is 11.3 Å². The van der Waals surface area contributed by atoms with Gasteiger partial charge in [0.25, 0.3) is 0 Å². The van der Waals surface area contributed by atoms with Gasteiger partial charge in [-0.05, 0) is 38.6 Å². The standard InChI is InChI=1S/C15H19N3S.CH3NO/c1-11-7-12-3-4-13(16-14(12)19-11)18-6-5-15(10-18)8-17(2)9-15;2-1-3/h3-4,7H,5-6,8-10H2,1-2H3;1H,(H2,2,3). The molecule has 0 radical (unpaired) electrons. The van der Waals surface area contributed by atoms with Crippen molar-refractivity contribution in [1.29, 1.82) is 0 Å². The van der Waals surface area contributed by atoms with Gasteiger partial charge in [0.2, 0.25) is 6.41 Å². The fraction of sp³-hybridized carbons (Fsp3) is 0.500. The van der Waals surface area contributed by atoms with Gasteiger partial charge in [-0.1, -0.05) is 0 Å². The van der Waals surface area contributed by atoms with Gasteiger partial charge in [0, 0.05) is 41.9 Å². The molecule has 2 aliphatic rings. The lowest BCUT2D eigenvalue weighted by molar-refractivity contribution is -0.106. The average Bonchev–Trinajstić information content (AvgIpc) is 3.01. The Morgan fingerprint density at radius 1 is 1.36 bits per heavy atom. The van der Waals surface area contributed by atoms with E-state index in [1.54, 1.807) is 11.3 Å². The summed E-state index contributed by atoms with van der Waals surface area (Å²) in [7, 11) is 2.21. The molecule has 2 aromatic heterocycles. The molecule has 22 heavy (non-hydrogen) atoms. The van der Waals surface area contributed by atoms with Crippen LogP contribution in [0.15, 0.2) is 18.2 Å². The first-order valence-corrected chi connectivity index (χ1v) is 8.33. The number of fused-ring (bicyclic) bond motifs is 1. The van der Waals surface area contributed by atoms with E-state index in [0.29, 0.717) is 5.41 Å². The Balaban J connectivity index is 0.000000446. The minimum absolute atomic E-state index is 0.250. The molecule has 6 heteroatoms. The first-order valence-electron chi connectivity index (χ1n) is 7.51. The average molecular weight is 318 g/mol. The molecule has 0 atom stereocenters. The number of anilines is 1. The van der Waals surface area contributed by atoms with Crippen molar-refractivity contribution in [3.8, 4) is 0 Å². The van der Waals surface area contributed by atoms with Gasteiger partial charge in [-0.2, -0.15) is 0 Å². The number of amides is 1. The lowest BCUT2D eigenvalue weighted by Gasteiger charge is -2.46. The van der Waals surface area contributed by atoms with Crippen LogP contribution < -0.4 is 10.6 Å². The SMILES string of the molecule is Cc1cc2ccc(N3CCC4(CN(C)C4)C3)nc2s1.NC=O. The number of rotatable bonds is 1. The summed E-state index contributed by atoms with van der Waals surface area (Å²) < 4.78 is 0. The third-order valence-electron chi connectivity index (χ3n) is 4.46. The highest BCUT2D eigenvalue weighted by Crippen LogP contribution is 2.40. The third kappa shape index (κ3) is 2.80. The first kappa shape index (κ1) is 15.2. The van der Waals surface area contributed by atoms with E-state index in [2.05, 4.69) is 47.7 Å². The predicted molar refractivity (Wildman–Crippen MR) is 91.4 cm³/mol. The van der Waals surface area contributed by atoms with E-state index in [9.17, 15) is 0 Å². The van der Waals surface area contributed by atoms with Crippen LogP contribution in [0.1, 0.15) is 11.3 Å². The molecule has 2 saturated heterocycles. The van der Waals surface area contributed by atoms with Crippen molar-refractivity contribution in [2.75, 3.05) is 38.1 Å². The van der Waals surface area contributed by atoms with Crippen LogP contribution in [0.2, 0.25) is 0 Å². The number of nitrogens with two attached hydrogens (primary N) is 1. The van der Waals surface area contributed by atoms with Crippen molar-refractivity contribution >= 4 is 33.8 Å². The molecule has 4 rings (SSSR count). The third-order valence-corrected chi connectivity index (χ3v) is 5.42. The number of hydrogen-bond donors (Lipinski definition) is 1. The summed E-state index contributed by atoms with van der Waals surface area (Å²) in [6.45, 7) is 7.01. The van der Waals surface area contributed by atoms with Gasteiger partial charge in [-0.3, -0.25) is 4.79 Å². The fourth-order valence-corrected chi connectivity index (χ4v) is 4.57. The quantitative estimate of drug-likeness (QED) is 0.815. The summed E-state index contributed by atoms with van der Waals surface area (Å²) in [5.74, 6) is 1.17. The predicted octanol–water partition coefficient (Wildman–Crippen LogP) is 1.85. The number of pyridine rings is 1. The fourth-order valence-electron chi connectivity index (χ4n) is 3.70. The molecular formula is C16H22N4OS. The molecule has 2 aliphatic heterocycles. The Labute approximate surface area is 134 Å². The van der Waals surface area contributed by atoms with Crippen LogP contribution in [-0.2, 0) is 4.79 Å². The van der Waals surface area contributed by atoms with Crippen LogP contribution in [0, 0.1) is 12.3 Å². The molecule has 2 N–H and O–H groups in total. The van der Waals surface area contributed by atoms with Crippen molar-refractivity contribution in [3.63, 3.8) is 0 Å². The molecule has 1 amide bonds. The minimum atomic E-state index is 0.250. The van der Waals surface area contributed by atoms with Crippen molar-refractivity contribution in [3.05, 3.63) is 23.1 Å². The molecule has 2 aromatic rings. The van der Waals surface area contributed by atoms with Gasteiger partial charge in [0.15, 0.2) is 0 Å². The molecule has 4 heterocycles. The summed E-state index contributed by atoms with van der Waals surface area (Å²) in [6.07, 6.45) is 1.57. The summed E-state index contributed by atoms with van der Waals surface area (Å²) in [4.78, 5) is 20.9. The van der Waals surface area contributed by atoms with Crippen molar-refractivity contribution in [1.82, 2.24) is 9.88 Å². The van der Waals surface area contributed by atoms with Gasteiger partial charge in [0.05, 0.1) is 0 Å². The van der Waals surface area contributed by atoms with Crippen molar-refractivity contribution in [2.24, 2.45) is 11.1 Å². The second-order valence-corrected chi connectivity index (χ2v) is 7.64. The van der Waals surface area contributed by atoms with E-state index in [1.807, 2.05) is 0 Å². The van der Waals surface area contributed by atoms with E-state index >= 15 is 0 Å². The number of aryl methyl sites for hydroxylation is 1. The number of hydrogen-bond acceptors (Lipinski definition) is 5. The van der Waals surface area contributed by atoms with Crippen molar-refractivity contribution < 1.29 is 4.79 Å². The number of likely N-dealkylation sites (tertiary alicyclic amines) is 1.